The number of benzene rings is 10. The van der Waals surface area contributed by atoms with Crippen molar-refractivity contribution in [1.82, 2.24) is 19.5 Å². The van der Waals surface area contributed by atoms with Crippen molar-refractivity contribution < 1.29 is 4.42 Å². The lowest BCUT2D eigenvalue weighted by Gasteiger charge is -2.17. The van der Waals surface area contributed by atoms with Crippen molar-refractivity contribution in [2.75, 3.05) is 0 Å². The molecule has 0 spiro atoms. The molecule has 298 valence electrons. The molecular weight excluding hydrogens is 781 g/mol. The van der Waals surface area contributed by atoms with E-state index in [9.17, 15) is 0 Å². The van der Waals surface area contributed by atoms with Crippen molar-refractivity contribution in [3.63, 3.8) is 0 Å². The Hall–Kier alpha value is -8.67. The van der Waals surface area contributed by atoms with E-state index >= 15 is 0 Å². The van der Waals surface area contributed by atoms with Crippen molar-refractivity contribution in [2.45, 2.75) is 0 Å². The van der Waals surface area contributed by atoms with Crippen molar-refractivity contribution in [1.29, 1.82) is 0 Å². The van der Waals surface area contributed by atoms with E-state index in [2.05, 4.69) is 199 Å². The van der Waals surface area contributed by atoms with E-state index in [1.807, 2.05) is 24.3 Å². The first-order valence-corrected chi connectivity index (χ1v) is 21.6. The first kappa shape index (κ1) is 36.0. The lowest BCUT2D eigenvalue weighted by molar-refractivity contribution is 0.669. The molecule has 13 rings (SSSR count). The van der Waals surface area contributed by atoms with Crippen LogP contribution < -0.4 is 0 Å². The van der Waals surface area contributed by atoms with E-state index in [4.69, 9.17) is 19.4 Å². The molecule has 0 fully saturated rings. The predicted molar refractivity (Wildman–Crippen MR) is 264 cm³/mol. The molecule has 0 aliphatic heterocycles. The van der Waals surface area contributed by atoms with Crippen molar-refractivity contribution >= 4 is 65.3 Å². The number of para-hydroxylation sites is 1. The summed E-state index contributed by atoms with van der Waals surface area (Å²) in [5, 5.41) is 9.22. The molecule has 10 aromatic carbocycles. The third-order valence-corrected chi connectivity index (χ3v) is 12.6. The summed E-state index contributed by atoms with van der Waals surface area (Å²) in [6.07, 6.45) is 0. The first-order chi connectivity index (χ1) is 31.7. The molecule has 0 unspecified atom stereocenters. The van der Waals surface area contributed by atoms with Crippen LogP contribution in [-0.2, 0) is 0 Å². The second kappa shape index (κ2) is 14.5. The molecule has 5 heteroatoms. The number of furan rings is 1. The SMILES string of the molecule is c1ccc(-c2nc(-c3ccccc3-c3ccccc3)nc(-c3ccc(-n4c5ccccc5c5cc6ccccc6cc54)cc3-c3cccc4oc5cc6ccccc6cc5c34)n2)cc1. The Labute approximate surface area is 368 Å². The van der Waals surface area contributed by atoms with Crippen molar-refractivity contribution in [2.24, 2.45) is 0 Å². The molecule has 0 amide bonds. The normalized spacial score (nSPS) is 11.8. The fraction of sp³-hybridized carbons (Fsp3) is 0. The van der Waals surface area contributed by atoms with Gasteiger partial charge in [0.2, 0.25) is 0 Å². The molecule has 64 heavy (non-hydrogen) atoms. The van der Waals surface area contributed by atoms with Gasteiger partial charge in [-0.15, -0.1) is 0 Å². The Kier molecular flexibility index (Phi) is 8.15. The maximum absolute atomic E-state index is 6.69. The molecule has 0 saturated carbocycles. The third kappa shape index (κ3) is 5.83. The Balaban J connectivity index is 1.12. The lowest BCUT2D eigenvalue weighted by atomic mass is 9.93. The van der Waals surface area contributed by atoms with E-state index in [0.717, 1.165) is 88.4 Å². The van der Waals surface area contributed by atoms with Gasteiger partial charge in [0.25, 0.3) is 0 Å². The zero-order valence-electron chi connectivity index (χ0n) is 34.5. The Bertz CT molecular complexity index is 3960. The van der Waals surface area contributed by atoms with E-state index in [1.165, 1.54) is 21.5 Å². The van der Waals surface area contributed by atoms with Crippen LogP contribution in [-0.4, -0.2) is 19.5 Å². The van der Waals surface area contributed by atoms with Crippen LogP contribution in [0.3, 0.4) is 0 Å². The molecule has 5 nitrogen and oxygen atoms in total. The van der Waals surface area contributed by atoms with Gasteiger partial charge in [0, 0.05) is 43.9 Å². The highest BCUT2D eigenvalue weighted by Crippen LogP contribution is 2.44. The summed E-state index contributed by atoms with van der Waals surface area (Å²) >= 11 is 0. The first-order valence-electron chi connectivity index (χ1n) is 21.6. The van der Waals surface area contributed by atoms with Gasteiger partial charge in [-0.3, -0.25) is 0 Å². The van der Waals surface area contributed by atoms with Gasteiger partial charge >= 0.3 is 0 Å². The molecule has 3 heterocycles. The fourth-order valence-electron chi connectivity index (χ4n) is 9.64. The third-order valence-electron chi connectivity index (χ3n) is 12.6. The van der Waals surface area contributed by atoms with Gasteiger partial charge in [0.15, 0.2) is 17.5 Å². The van der Waals surface area contributed by atoms with Crippen molar-refractivity contribution in [3.8, 4) is 62.1 Å². The quantitative estimate of drug-likeness (QED) is 0.168. The number of rotatable bonds is 6. The summed E-state index contributed by atoms with van der Waals surface area (Å²) in [4.78, 5) is 16.0. The number of fused-ring (bicyclic) bond motifs is 8. The van der Waals surface area contributed by atoms with Crippen LogP contribution in [0.2, 0.25) is 0 Å². The second-order valence-electron chi connectivity index (χ2n) is 16.4. The van der Waals surface area contributed by atoms with Gasteiger partial charge in [0.05, 0.1) is 11.0 Å². The summed E-state index contributed by atoms with van der Waals surface area (Å²) in [6, 6.07) is 76.9. The van der Waals surface area contributed by atoms with Crippen molar-refractivity contribution in [3.05, 3.63) is 218 Å². The monoisotopic (exact) mass is 816 g/mol. The lowest BCUT2D eigenvalue weighted by Crippen LogP contribution is -2.03. The predicted octanol–water partition coefficient (Wildman–Crippen LogP) is 15.5. The van der Waals surface area contributed by atoms with Gasteiger partial charge in [-0.05, 0) is 98.4 Å². The van der Waals surface area contributed by atoms with Crippen LogP contribution >= 0.6 is 0 Å². The zero-order valence-corrected chi connectivity index (χ0v) is 34.5. The standard InChI is InChI=1S/C59H36N4O/c1-3-16-37(17-4-1)44-24-11-12-26-47(44)58-60-57(38-18-5-2-6-19-38)61-59(62-58)48-31-30-43(63-52-28-14-13-25-45(52)50-32-39-20-7-9-22-41(39)34-53(50)63)36-49(48)46-27-15-29-54-56(46)51-33-40-21-8-10-23-42(40)35-55(51)64-54/h1-36H. The van der Waals surface area contributed by atoms with E-state index in [-0.39, 0.29) is 0 Å². The zero-order chi connectivity index (χ0) is 42.1. The minimum Gasteiger partial charge on any atom is -0.456 e. The summed E-state index contributed by atoms with van der Waals surface area (Å²) in [7, 11) is 0. The molecule has 0 atom stereocenters. The minimum absolute atomic E-state index is 0.580. The Morgan fingerprint density at radius 2 is 0.875 bits per heavy atom. The van der Waals surface area contributed by atoms with Crippen LogP contribution in [0.1, 0.15) is 0 Å². The molecule has 0 saturated heterocycles. The Morgan fingerprint density at radius 1 is 0.312 bits per heavy atom. The molecule has 3 aromatic heterocycles. The molecule has 0 aliphatic carbocycles. The maximum atomic E-state index is 6.69. The molecule has 0 bridgehead atoms. The van der Waals surface area contributed by atoms with Crippen LogP contribution in [0.25, 0.3) is 127 Å². The molecular formula is C59H36N4O. The van der Waals surface area contributed by atoms with E-state index in [0.29, 0.717) is 17.5 Å². The molecule has 0 radical (unpaired) electrons. The topological polar surface area (TPSA) is 56.7 Å². The largest absolute Gasteiger partial charge is 0.456 e. The second-order valence-corrected chi connectivity index (χ2v) is 16.4. The number of aromatic nitrogens is 4. The van der Waals surface area contributed by atoms with Gasteiger partial charge in [-0.25, -0.2) is 15.0 Å². The average Bonchev–Trinajstić information content (AvgIpc) is 3.89. The van der Waals surface area contributed by atoms with Gasteiger partial charge in [-0.1, -0.05) is 164 Å². The molecule has 13 aromatic rings. The van der Waals surface area contributed by atoms with Gasteiger partial charge in [-0.2, -0.15) is 0 Å². The highest BCUT2D eigenvalue weighted by atomic mass is 16.3. The Morgan fingerprint density at radius 3 is 1.62 bits per heavy atom. The van der Waals surface area contributed by atoms with Crippen LogP contribution in [0.4, 0.5) is 0 Å². The number of nitrogens with zero attached hydrogens (tertiary/aromatic N) is 4. The fourth-order valence-corrected chi connectivity index (χ4v) is 9.64. The highest BCUT2D eigenvalue weighted by molar-refractivity contribution is 6.17. The van der Waals surface area contributed by atoms with E-state index in [1.54, 1.807) is 0 Å². The maximum Gasteiger partial charge on any atom is 0.164 e. The highest BCUT2D eigenvalue weighted by Gasteiger charge is 2.23. The van der Waals surface area contributed by atoms with Crippen LogP contribution in [0.15, 0.2) is 223 Å². The summed E-state index contributed by atoms with van der Waals surface area (Å²) in [6.45, 7) is 0. The smallest absolute Gasteiger partial charge is 0.164 e. The molecule has 0 N–H and O–H groups in total. The van der Waals surface area contributed by atoms with Gasteiger partial charge < -0.3 is 8.98 Å². The summed E-state index contributed by atoms with van der Waals surface area (Å²) in [5.41, 5.74) is 11.9. The number of hydrogen-bond donors (Lipinski definition) is 0. The van der Waals surface area contributed by atoms with E-state index < -0.39 is 0 Å². The summed E-state index contributed by atoms with van der Waals surface area (Å²) in [5.74, 6) is 1.79. The number of hydrogen-bond acceptors (Lipinski definition) is 4. The van der Waals surface area contributed by atoms with Crippen LogP contribution in [0, 0.1) is 0 Å². The van der Waals surface area contributed by atoms with Crippen LogP contribution in [0.5, 0.6) is 0 Å². The average molecular weight is 817 g/mol. The van der Waals surface area contributed by atoms with Gasteiger partial charge in [0.1, 0.15) is 11.2 Å². The summed E-state index contributed by atoms with van der Waals surface area (Å²) < 4.78 is 9.09. The minimum atomic E-state index is 0.580. The molecule has 0 aliphatic rings.